The van der Waals surface area contributed by atoms with Crippen LogP contribution in [0.15, 0.2) is 29.6 Å². The van der Waals surface area contributed by atoms with Crippen molar-refractivity contribution in [3.63, 3.8) is 0 Å². The zero-order valence-electron chi connectivity index (χ0n) is 13.0. The molecule has 1 saturated heterocycles. The van der Waals surface area contributed by atoms with Gasteiger partial charge in [0, 0.05) is 22.5 Å². The number of rotatable bonds is 4. The SMILES string of the molecule is Cl.Cl.O=C(NCC1CCCNC1)c1csc(-c2cccc(Cl)c2)n1. The van der Waals surface area contributed by atoms with Crippen LogP contribution in [0.3, 0.4) is 0 Å². The second kappa shape index (κ2) is 10.2. The molecule has 1 aromatic carbocycles. The summed E-state index contributed by atoms with van der Waals surface area (Å²) in [6, 6.07) is 7.51. The lowest BCUT2D eigenvalue weighted by atomic mass is 10.00. The van der Waals surface area contributed by atoms with E-state index in [0.29, 0.717) is 23.2 Å². The standard InChI is InChI=1S/C16H18ClN3OS.2ClH/c17-13-5-1-4-12(7-13)16-20-14(10-22-16)15(21)19-9-11-3-2-6-18-8-11;;/h1,4-5,7,10-11,18H,2-3,6,8-9H2,(H,19,21);2*1H. The monoisotopic (exact) mass is 407 g/mol. The van der Waals surface area contributed by atoms with Crippen molar-refractivity contribution in [3.05, 3.63) is 40.4 Å². The maximum atomic E-state index is 12.2. The molecule has 0 aliphatic carbocycles. The molecule has 0 radical (unpaired) electrons. The first-order chi connectivity index (χ1) is 10.7. The number of carbonyl (C=O) groups excluding carboxylic acids is 1. The van der Waals surface area contributed by atoms with E-state index in [4.69, 9.17) is 11.6 Å². The highest BCUT2D eigenvalue weighted by atomic mass is 35.5. The summed E-state index contributed by atoms with van der Waals surface area (Å²) in [5.74, 6) is 0.416. The molecular formula is C16H20Cl3N3OS. The summed E-state index contributed by atoms with van der Waals surface area (Å²) in [5, 5.41) is 9.61. The number of hydrogen-bond acceptors (Lipinski definition) is 4. The van der Waals surface area contributed by atoms with Gasteiger partial charge in [-0.05, 0) is 44.0 Å². The third kappa shape index (κ3) is 5.60. The highest BCUT2D eigenvalue weighted by molar-refractivity contribution is 7.13. The topological polar surface area (TPSA) is 54.0 Å². The van der Waals surface area contributed by atoms with Gasteiger partial charge in [0.25, 0.3) is 5.91 Å². The van der Waals surface area contributed by atoms with Crippen molar-refractivity contribution in [3.8, 4) is 10.6 Å². The molecule has 1 atom stereocenters. The zero-order valence-corrected chi connectivity index (χ0v) is 16.2. The van der Waals surface area contributed by atoms with Gasteiger partial charge in [0.15, 0.2) is 0 Å². The summed E-state index contributed by atoms with van der Waals surface area (Å²) in [4.78, 5) is 16.6. The largest absolute Gasteiger partial charge is 0.350 e. The molecular weight excluding hydrogens is 389 g/mol. The van der Waals surface area contributed by atoms with Crippen LogP contribution in [-0.4, -0.2) is 30.5 Å². The summed E-state index contributed by atoms with van der Waals surface area (Å²) >= 11 is 7.45. The van der Waals surface area contributed by atoms with Crippen molar-refractivity contribution in [2.75, 3.05) is 19.6 Å². The molecule has 1 aliphatic heterocycles. The fraction of sp³-hybridized carbons (Fsp3) is 0.375. The number of aromatic nitrogens is 1. The summed E-state index contributed by atoms with van der Waals surface area (Å²) in [6.07, 6.45) is 2.34. The number of amides is 1. The summed E-state index contributed by atoms with van der Waals surface area (Å²) < 4.78 is 0. The summed E-state index contributed by atoms with van der Waals surface area (Å²) in [5.41, 5.74) is 1.41. The third-order valence-corrected chi connectivity index (χ3v) is 4.89. The van der Waals surface area contributed by atoms with Crippen LogP contribution in [0.5, 0.6) is 0 Å². The van der Waals surface area contributed by atoms with Gasteiger partial charge in [-0.1, -0.05) is 23.7 Å². The average Bonchev–Trinajstić information content (AvgIpc) is 3.04. The molecule has 1 aliphatic rings. The number of thiazole rings is 1. The van der Waals surface area contributed by atoms with Gasteiger partial charge in [-0.15, -0.1) is 36.2 Å². The Morgan fingerprint density at radius 2 is 2.25 bits per heavy atom. The van der Waals surface area contributed by atoms with Crippen LogP contribution in [0.4, 0.5) is 0 Å². The number of nitrogens with one attached hydrogen (secondary N) is 2. The molecule has 132 valence electrons. The van der Waals surface area contributed by atoms with E-state index in [1.54, 1.807) is 5.38 Å². The van der Waals surface area contributed by atoms with E-state index in [9.17, 15) is 4.79 Å². The van der Waals surface area contributed by atoms with Crippen molar-refractivity contribution in [2.24, 2.45) is 5.92 Å². The van der Waals surface area contributed by atoms with Gasteiger partial charge in [-0.2, -0.15) is 0 Å². The molecule has 2 heterocycles. The predicted molar refractivity (Wildman–Crippen MR) is 105 cm³/mol. The fourth-order valence-corrected chi connectivity index (χ4v) is 3.55. The van der Waals surface area contributed by atoms with Crippen molar-refractivity contribution >= 4 is 53.7 Å². The molecule has 2 N–H and O–H groups in total. The molecule has 2 aromatic rings. The third-order valence-electron chi connectivity index (χ3n) is 3.76. The first-order valence-corrected chi connectivity index (χ1v) is 8.68. The zero-order chi connectivity index (χ0) is 15.4. The molecule has 1 unspecified atom stereocenters. The van der Waals surface area contributed by atoms with E-state index in [-0.39, 0.29) is 30.7 Å². The number of hydrogen-bond donors (Lipinski definition) is 2. The molecule has 4 nitrogen and oxygen atoms in total. The van der Waals surface area contributed by atoms with Gasteiger partial charge in [-0.3, -0.25) is 4.79 Å². The first-order valence-electron chi connectivity index (χ1n) is 7.43. The van der Waals surface area contributed by atoms with E-state index in [0.717, 1.165) is 30.1 Å². The Morgan fingerprint density at radius 3 is 2.96 bits per heavy atom. The molecule has 1 amide bonds. The highest BCUT2D eigenvalue weighted by Crippen LogP contribution is 2.26. The van der Waals surface area contributed by atoms with Crippen molar-refractivity contribution in [1.82, 2.24) is 15.6 Å². The smallest absolute Gasteiger partial charge is 0.270 e. The Kier molecular flexibility index (Phi) is 9.02. The molecule has 8 heteroatoms. The second-order valence-electron chi connectivity index (χ2n) is 5.47. The Morgan fingerprint density at radius 1 is 1.42 bits per heavy atom. The second-order valence-corrected chi connectivity index (χ2v) is 6.77. The lowest BCUT2D eigenvalue weighted by Gasteiger charge is -2.22. The molecule has 0 spiro atoms. The minimum atomic E-state index is -0.102. The van der Waals surface area contributed by atoms with Crippen LogP contribution in [0.2, 0.25) is 5.02 Å². The van der Waals surface area contributed by atoms with Gasteiger partial charge >= 0.3 is 0 Å². The minimum absolute atomic E-state index is 0. The summed E-state index contributed by atoms with van der Waals surface area (Å²) in [7, 11) is 0. The van der Waals surface area contributed by atoms with Crippen molar-refractivity contribution in [1.29, 1.82) is 0 Å². The quantitative estimate of drug-likeness (QED) is 0.803. The maximum Gasteiger partial charge on any atom is 0.270 e. The molecule has 1 aromatic heterocycles. The van der Waals surface area contributed by atoms with Crippen molar-refractivity contribution < 1.29 is 4.79 Å². The van der Waals surface area contributed by atoms with Crippen LogP contribution in [0, 0.1) is 5.92 Å². The predicted octanol–water partition coefficient (Wildman–Crippen LogP) is 4.04. The van der Waals surface area contributed by atoms with E-state index in [2.05, 4.69) is 15.6 Å². The van der Waals surface area contributed by atoms with Crippen molar-refractivity contribution in [2.45, 2.75) is 12.8 Å². The number of benzene rings is 1. The van der Waals surface area contributed by atoms with Gasteiger partial charge in [-0.25, -0.2) is 4.98 Å². The molecule has 0 saturated carbocycles. The highest BCUT2D eigenvalue weighted by Gasteiger charge is 2.16. The van der Waals surface area contributed by atoms with Crippen LogP contribution < -0.4 is 10.6 Å². The van der Waals surface area contributed by atoms with Gasteiger partial charge < -0.3 is 10.6 Å². The Bertz CT molecular complexity index is 660. The average molecular weight is 409 g/mol. The van der Waals surface area contributed by atoms with E-state index in [1.165, 1.54) is 17.8 Å². The van der Waals surface area contributed by atoms with E-state index >= 15 is 0 Å². The first kappa shape index (κ1) is 21.2. The summed E-state index contributed by atoms with van der Waals surface area (Å²) in [6.45, 7) is 2.76. The van der Waals surface area contributed by atoms with Gasteiger partial charge in [0.05, 0.1) is 0 Å². The van der Waals surface area contributed by atoms with Gasteiger partial charge in [0.2, 0.25) is 0 Å². The van der Waals surface area contributed by atoms with Crippen LogP contribution in [-0.2, 0) is 0 Å². The molecule has 3 rings (SSSR count). The number of nitrogens with zero attached hydrogens (tertiary/aromatic N) is 1. The lowest BCUT2D eigenvalue weighted by molar-refractivity contribution is 0.0940. The maximum absolute atomic E-state index is 12.2. The van der Waals surface area contributed by atoms with Gasteiger partial charge in [0.1, 0.15) is 10.7 Å². The molecule has 1 fully saturated rings. The molecule has 0 bridgehead atoms. The fourth-order valence-electron chi connectivity index (χ4n) is 2.56. The van der Waals surface area contributed by atoms with E-state index in [1.807, 2.05) is 24.3 Å². The van der Waals surface area contributed by atoms with Crippen LogP contribution >= 0.6 is 47.8 Å². The minimum Gasteiger partial charge on any atom is -0.350 e. The molecule has 24 heavy (non-hydrogen) atoms. The normalized spacial score (nSPS) is 16.6. The van der Waals surface area contributed by atoms with Crippen LogP contribution in [0.1, 0.15) is 23.3 Å². The van der Waals surface area contributed by atoms with E-state index < -0.39 is 0 Å². The number of carbonyl (C=O) groups is 1. The number of halogens is 3. The number of piperidine rings is 1. The Hall–Kier alpha value is -0.850. The van der Waals surface area contributed by atoms with Crippen LogP contribution in [0.25, 0.3) is 10.6 Å². The lowest BCUT2D eigenvalue weighted by Crippen LogP contribution is -2.38. The Labute approximate surface area is 163 Å². The Balaban J connectivity index is 0.00000144.